The molecular weight excluding hydrogens is 238 g/mol. The zero-order chi connectivity index (χ0) is 12.7. The van der Waals surface area contributed by atoms with Crippen LogP contribution in [0.1, 0.15) is 30.1 Å². The van der Waals surface area contributed by atoms with Crippen LogP contribution in [0.25, 0.3) is 0 Å². The van der Waals surface area contributed by atoms with Gasteiger partial charge in [-0.1, -0.05) is 31.2 Å². The van der Waals surface area contributed by atoms with Gasteiger partial charge in [-0.25, -0.2) is 9.78 Å². The van der Waals surface area contributed by atoms with Gasteiger partial charge in [0.2, 0.25) is 0 Å². The topological polar surface area (TPSA) is 39.2 Å². The standard InChI is InChI=1S/C13H14ClNO2/c1-3-5-11(6-4-2)17-13(16)10-7-8-12(14)15-9-10/h3,5,7-9H,1,4,6H2,2H3/b11-5+. The molecule has 0 radical (unpaired) electrons. The van der Waals surface area contributed by atoms with Crippen molar-refractivity contribution in [1.29, 1.82) is 0 Å². The van der Waals surface area contributed by atoms with Crippen molar-refractivity contribution in [3.05, 3.63) is 53.5 Å². The first kappa shape index (κ1) is 13.5. The van der Waals surface area contributed by atoms with Crippen LogP contribution in [0.3, 0.4) is 0 Å². The monoisotopic (exact) mass is 251 g/mol. The SMILES string of the molecule is C=C/C=C(\CCC)OC(=O)c1ccc(Cl)nc1. The van der Waals surface area contributed by atoms with Crippen LogP contribution in [0, 0.1) is 0 Å². The van der Waals surface area contributed by atoms with Gasteiger partial charge in [-0.2, -0.15) is 0 Å². The summed E-state index contributed by atoms with van der Waals surface area (Å²) in [5.41, 5.74) is 0.375. The summed E-state index contributed by atoms with van der Waals surface area (Å²) in [6.07, 6.45) is 6.26. The van der Waals surface area contributed by atoms with Crippen molar-refractivity contribution in [2.45, 2.75) is 19.8 Å². The van der Waals surface area contributed by atoms with E-state index in [1.165, 1.54) is 6.20 Å². The van der Waals surface area contributed by atoms with Crippen LogP contribution >= 0.6 is 11.6 Å². The van der Waals surface area contributed by atoms with Gasteiger partial charge in [-0.05, 0) is 24.6 Å². The Morgan fingerprint density at radius 2 is 2.35 bits per heavy atom. The number of carbonyl (C=O) groups is 1. The van der Waals surface area contributed by atoms with E-state index < -0.39 is 5.97 Å². The first-order chi connectivity index (χ1) is 8.17. The van der Waals surface area contributed by atoms with Gasteiger partial charge in [0.15, 0.2) is 0 Å². The molecule has 17 heavy (non-hydrogen) atoms. The lowest BCUT2D eigenvalue weighted by Crippen LogP contribution is -2.05. The molecule has 0 aromatic carbocycles. The zero-order valence-electron chi connectivity index (χ0n) is 9.65. The molecule has 0 saturated heterocycles. The lowest BCUT2D eigenvalue weighted by Gasteiger charge is -2.06. The van der Waals surface area contributed by atoms with Crippen LogP contribution in [0.2, 0.25) is 5.15 Å². The molecule has 4 heteroatoms. The van der Waals surface area contributed by atoms with Gasteiger partial charge >= 0.3 is 5.97 Å². The Kier molecular flexibility index (Phi) is 5.43. The molecule has 0 unspecified atom stereocenters. The molecule has 0 aliphatic carbocycles. The summed E-state index contributed by atoms with van der Waals surface area (Å²) in [5.74, 6) is 0.165. The fourth-order valence-corrected chi connectivity index (χ4v) is 1.33. The number of hydrogen-bond acceptors (Lipinski definition) is 3. The minimum atomic E-state index is -0.435. The van der Waals surface area contributed by atoms with Crippen LogP contribution in [-0.4, -0.2) is 11.0 Å². The van der Waals surface area contributed by atoms with Crippen LogP contribution in [0.4, 0.5) is 0 Å². The van der Waals surface area contributed by atoms with Crippen molar-refractivity contribution in [3.63, 3.8) is 0 Å². The molecule has 0 spiro atoms. The Balaban J connectivity index is 2.73. The van der Waals surface area contributed by atoms with Crippen LogP contribution in [0.5, 0.6) is 0 Å². The van der Waals surface area contributed by atoms with Gasteiger partial charge in [0.1, 0.15) is 10.9 Å². The van der Waals surface area contributed by atoms with E-state index >= 15 is 0 Å². The molecule has 1 aromatic rings. The molecule has 0 saturated carbocycles. The Morgan fingerprint density at radius 3 is 2.88 bits per heavy atom. The van der Waals surface area contributed by atoms with E-state index in [2.05, 4.69) is 11.6 Å². The molecule has 90 valence electrons. The normalized spacial score (nSPS) is 11.1. The number of carbonyl (C=O) groups excluding carboxylic acids is 1. The summed E-state index contributed by atoms with van der Waals surface area (Å²) < 4.78 is 5.23. The molecule has 0 fully saturated rings. The van der Waals surface area contributed by atoms with E-state index in [1.807, 2.05) is 6.92 Å². The Hall–Kier alpha value is -1.61. The zero-order valence-corrected chi connectivity index (χ0v) is 10.4. The predicted molar refractivity (Wildman–Crippen MR) is 67.9 cm³/mol. The molecule has 3 nitrogen and oxygen atoms in total. The number of aromatic nitrogens is 1. The maximum absolute atomic E-state index is 11.7. The number of rotatable bonds is 5. The largest absolute Gasteiger partial charge is 0.427 e. The number of pyridine rings is 1. The smallest absolute Gasteiger partial charge is 0.344 e. The summed E-state index contributed by atoms with van der Waals surface area (Å²) in [6, 6.07) is 3.13. The lowest BCUT2D eigenvalue weighted by molar-refractivity contribution is 0.0613. The number of esters is 1. The third-order valence-corrected chi connectivity index (χ3v) is 2.21. The Morgan fingerprint density at radius 1 is 1.59 bits per heavy atom. The van der Waals surface area contributed by atoms with Gasteiger partial charge in [0.05, 0.1) is 5.56 Å². The highest BCUT2D eigenvalue weighted by Crippen LogP contribution is 2.12. The summed E-state index contributed by atoms with van der Waals surface area (Å²) in [4.78, 5) is 15.6. The maximum Gasteiger partial charge on any atom is 0.344 e. The minimum Gasteiger partial charge on any atom is -0.427 e. The predicted octanol–water partition coefficient (Wildman–Crippen LogP) is 3.76. The van der Waals surface area contributed by atoms with E-state index in [-0.39, 0.29) is 0 Å². The number of ether oxygens (including phenoxy) is 1. The molecule has 0 bridgehead atoms. The minimum absolute atomic E-state index is 0.344. The van der Waals surface area contributed by atoms with E-state index in [4.69, 9.17) is 16.3 Å². The molecule has 0 amide bonds. The van der Waals surface area contributed by atoms with E-state index in [9.17, 15) is 4.79 Å². The summed E-state index contributed by atoms with van der Waals surface area (Å²) >= 11 is 5.63. The highest BCUT2D eigenvalue weighted by atomic mass is 35.5. The number of hydrogen-bond donors (Lipinski definition) is 0. The van der Waals surface area contributed by atoms with Gasteiger partial charge in [0.25, 0.3) is 0 Å². The summed E-state index contributed by atoms with van der Waals surface area (Å²) in [7, 11) is 0. The number of halogens is 1. The second-order valence-corrected chi connectivity index (χ2v) is 3.77. The molecule has 0 N–H and O–H groups in total. The van der Waals surface area contributed by atoms with E-state index in [0.717, 1.165) is 6.42 Å². The Labute approximate surface area is 106 Å². The summed E-state index contributed by atoms with van der Waals surface area (Å²) in [6.45, 7) is 5.59. The third-order valence-electron chi connectivity index (χ3n) is 1.99. The van der Waals surface area contributed by atoms with Gasteiger partial charge in [0, 0.05) is 12.6 Å². The second-order valence-electron chi connectivity index (χ2n) is 3.38. The fraction of sp³-hybridized carbons (Fsp3) is 0.231. The third kappa shape index (κ3) is 4.41. The van der Waals surface area contributed by atoms with Gasteiger partial charge in [-0.15, -0.1) is 0 Å². The lowest BCUT2D eigenvalue weighted by atomic mass is 10.2. The molecule has 0 atom stereocenters. The van der Waals surface area contributed by atoms with Crippen LogP contribution < -0.4 is 0 Å². The first-order valence-electron chi connectivity index (χ1n) is 5.32. The maximum atomic E-state index is 11.7. The first-order valence-corrected chi connectivity index (χ1v) is 5.70. The van der Waals surface area contributed by atoms with Gasteiger partial charge < -0.3 is 4.74 Å². The highest BCUT2D eigenvalue weighted by molar-refractivity contribution is 6.29. The molecule has 0 aliphatic heterocycles. The van der Waals surface area contributed by atoms with Crippen molar-refractivity contribution in [1.82, 2.24) is 4.98 Å². The van der Waals surface area contributed by atoms with Crippen molar-refractivity contribution in [3.8, 4) is 0 Å². The van der Waals surface area contributed by atoms with Crippen molar-refractivity contribution in [2.24, 2.45) is 0 Å². The number of nitrogens with zero attached hydrogens (tertiary/aromatic N) is 1. The van der Waals surface area contributed by atoms with E-state index in [1.54, 1.807) is 24.3 Å². The quantitative estimate of drug-likeness (QED) is 0.346. The van der Waals surface area contributed by atoms with Crippen molar-refractivity contribution < 1.29 is 9.53 Å². The molecule has 0 aliphatic rings. The fourth-order valence-electron chi connectivity index (χ4n) is 1.22. The van der Waals surface area contributed by atoms with Crippen LogP contribution in [0.15, 0.2) is 42.8 Å². The molecule has 1 aromatic heterocycles. The highest BCUT2D eigenvalue weighted by Gasteiger charge is 2.09. The number of allylic oxidation sites excluding steroid dienone is 3. The van der Waals surface area contributed by atoms with E-state index in [0.29, 0.717) is 22.9 Å². The average Bonchev–Trinajstić information content (AvgIpc) is 2.30. The average molecular weight is 252 g/mol. The van der Waals surface area contributed by atoms with Gasteiger partial charge in [-0.3, -0.25) is 0 Å². The van der Waals surface area contributed by atoms with Crippen LogP contribution in [-0.2, 0) is 4.74 Å². The second kappa shape index (κ2) is 6.86. The molecule has 1 heterocycles. The van der Waals surface area contributed by atoms with Crippen molar-refractivity contribution in [2.75, 3.05) is 0 Å². The van der Waals surface area contributed by atoms with Crippen molar-refractivity contribution >= 4 is 17.6 Å². The summed E-state index contributed by atoms with van der Waals surface area (Å²) in [5, 5.41) is 0.344. The molecular formula is C13H14ClNO2. The Bertz CT molecular complexity index is 424. The molecule has 1 rings (SSSR count).